The van der Waals surface area contributed by atoms with Crippen LogP contribution in [0.2, 0.25) is 0 Å². The van der Waals surface area contributed by atoms with Crippen LogP contribution < -0.4 is 10.9 Å². The van der Waals surface area contributed by atoms with E-state index in [-0.39, 0.29) is 11.3 Å². The van der Waals surface area contributed by atoms with Gasteiger partial charge in [-0.15, -0.1) is 0 Å². The van der Waals surface area contributed by atoms with Crippen LogP contribution in [0.25, 0.3) is 11.1 Å². The Labute approximate surface area is 152 Å². The fourth-order valence-electron chi connectivity index (χ4n) is 2.49. The van der Waals surface area contributed by atoms with Gasteiger partial charge in [0.25, 0.3) is 11.8 Å². The molecule has 0 aliphatic rings. The molecule has 1 aromatic heterocycles. The van der Waals surface area contributed by atoms with E-state index in [9.17, 15) is 22.8 Å². The van der Waals surface area contributed by atoms with Gasteiger partial charge in [-0.2, -0.15) is 13.2 Å². The Morgan fingerprint density at radius 3 is 2.11 bits per heavy atom. The molecule has 2 aromatic carbocycles. The minimum absolute atomic E-state index is 0.212. The van der Waals surface area contributed by atoms with Crippen LogP contribution in [0.1, 0.15) is 26.4 Å². The third kappa shape index (κ3) is 4.17. The fourth-order valence-corrected chi connectivity index (χ4v) is 2.49. The Bertz CT molecular complexity index is 949. The third-order valence-electron chi connectivity index (χ3n) is 3.83. The quantitative estimate of drug-likeness (QED) is 0.612. The van der Waals surface area contributed by atoms with Gasteiger partial charge in [-0.3, -0.25) is 20.4 Å². The normalized spacial score (nSPS) is 11.1. The SMILES string of the molecule is O=C(NNC(=O)c1ccccc1-c1ccc(C(F)(F)F)cc1)c1ccc[nH]1. The molecule has 3 aromatic rings. The first-order chi connectivity index (χ1) is 12.9. The van der Waals surface area contributed by atoms with Gasteiger partial charge in [0.15, 0.2) is 0 Å². The first kappa shape index (κ1) is 18.2. The summed E-state index contributed by atoms with van der Waals surface area (Å²) in [7, 11) is 0. The highest BCUT2D eigenvalue weighted by atomic mass is 19.4. The van der Waals surface area contributed by atoms with Gasteiger partial charge in [0.05, 0.1) is 5.56 Å². The lowest BCUT2D eigenvalue weighted by Crippen LogP contribution is -2.41. The number of hydrogen-bond donors (Lipinski definition) is 3. The molecule has 1 heterocycles. The number of carbonyl (C=O) groups excluding carboxylic acids is 2. The van der Waals surface area contributed by atoms with Gasteiger partial charge in [0.2, 0.25) is 0 Å². The average molecular weight is 373 g/mol. The first-order valence-electron chi connectivity index (χ1n) is 7.87. The van der Waals surface area contributed by atoms with Crippen molar-refractivity contribution < 1.29 is 22.8 Å². The lowest BCUT2D eigenvalue weighted by Gasteiger charge is -2.12. The molecule has 0 saturated carbocycles. The summed E-state index contributed by atoms with van der Waals surface area (Å²) in [5.74, 6) is -1.12. The molecule has 0 bridgehead atoms. The van der Waals surface area contributed by atoms with Crippen molar-refractivity contribution in [3.05, 3.63) is 83.7 Å². The Hall–Kier alpha value is -3.55. The number of nitrogens with one attached hydrogen (secondary N) is 3. The number of H-pyrrole nitrogens is 1. The van der Waals surface area contributed by atoms with Crippen LogP contribution in [0.5, 0.6) is 0 Å². The highest BCUT2D eigenvalue weighted by molar-refractivity contribution is 6.02. The van der Waals surface area contributed by atoms with E-state index in [0.717, 1.165) is 12.1 Å². The smallest absolute Gasteiger partial charge is 0.357 e. The molecule has 0 aliphatic carbocycles. The standard InChI is InChI=1S/C19H14F3N3O2/c20-19(21,22)13-9-7-12(8-10-13)14-4-1-2-5-15(14)17(26)24-25-18(27)16-6-3-11-23-16/h1-11,23H,(H,24,26)(H,25,27). The van der Waals surface area contributed by atoms with E-state index >= 15 is 0 Å². The number of alkyl halides is 3. The molecule has 3 rings (SSSR count). The summed E-state index contributed by atoms with van der Waals surface area (Å²) in [5, 5.41) is 0. The molecule has 0 saturated heterocycles. The zero-order chi connectivity index (χ0) is 19.4. The van der Waals surface area contributed by atoms with E-state index < -0.39 is 23.6 Å². The minimum atomic E-state index is -4.43. The number of rotatable bonds is 3. The molecule has 5 nitrogen and oxygen atoms in total. The predicted molar refractivity (Wildman–Crippen MR) is 92.6 cm³/mol. The van der Waals surface area contributed by atoms with Crippen molar-refractivity contribution in [3.8, 4) is 11.1 Å². The van der Waals surface area contributed by atoms with Gasteiger partial charge in [0.1, 0.15) is 5.69 Å². The van der Waals surface area contributed by atoms with Crippen LogP contribution in [0.15, 0.2) is 66.9 Å². The number of halogens is 3. The van der Waals surface area contributed by atoms with Gasteiger partial charge in [-0.05, 0) is 41.5 Å². The molecule has 27 heavy (non-hydrogen) atoms. The molecule has 2 amide bonds. The van der Waals surface area contributed by atoms with Gasteiger partial charge in [-0.1, -0.05) is 30.3 Å². The van der Waals surface area contributed by atoms with E-state index in [4.69, 9.17) is 0 Å². The number of hydrogen-bond acceptors (Lipinski definition) is 2. The Balaban J connectivity index is 1.79. The Morgan fingerprint density at radius 2 is 1.48 bits per heavy atom. The van der Waals surface area contributed by atoms with E-state index in [1.54, 1.807) is 30.5 Å². The van der Waals surface area contributed by atoms with Crippen LogP contribution in [-0.4, -0.2) is 16.8 Å². The van der Waals surface area contributed by atoms with E-state index in [1.807, 2.05) is 0 Å². The van der Waals surface area contributed by atoms with Gasteiger partial charge in [-0.25, -0.2) is 0 Å². The first-order valence-corrected chi connectivity index (χ1v) is 7.87. The average Bonchev–Trinajstić information content (AvgIpc) is 3.20. The van der Waals surface area contributed by atoms with Crippen molar-refractivity contribution in [1.82, 2.24) is 15.8 Å². The lowest BCUT2D eigenvalue weighted by molar-refractivity contribution is -0.137. The molecule has 0 radical (unpaired) electrons. The van der Waals surface area contributed by atoms with Gasteiger partial charge >= 0.3 is 6.18 Å². The number of benzene rings is 2. The summed E-state index contributed by atoms with van der Waals surface area (Å²) in [5.41, 5.74) is 5.17. The molecule has 0 unspecified atom stereocenters. The minimum Gasteiger partial charge on any atom is -0.357 e. The summed E-state index contributed by atoms with van der Waals surface area (Å²) in [4.78, 5) is 27.0. The molecule has 0 fully saturated rings. The van der Waals surface area contributed by atoms with Crippen molar-refractivity contribution in [3.63, 3.8) is 0 Å². The van der Waals surface area contributed by atoms with Crippen molar-refractivity contribution >= 4 is 11.8 Å². The molecule has 138 valence electrons. The van der Waals surface area contributed by atoms with E-state index in [2.05, 4.69) is 15.8 Å². The predicted octanol–water partition coefficient (Wildman–Crippen LogP) is 3.78. The number of amides is 2. The van der Waals surface area contributed by atoms with Crippen molar-refractivity contribution in [2.45, 2.75) is 6.18 Å². The Kier molecular flexibility index (Phi) is 4.98. The highest BCUT2D eigenvalue weighted by Crippen LogP contribution is 2.31. The molecule has 0 spiro atoms. The topological polar surface area (TPSA) is 74.0 Å². The molecule has 8 heteroatoms. The Morgan fingerprint density at radius 1 is 0.815 bits per heavy atom. The van der Waals surface area contributed by atoms with Gasteiger partial charge < -0.3 is 4.98 Å². The number of carbonyl (C=O) groups is 2. The van der Waals surface area contributed by atoms with Crippen LogP contribution in [0, 0.1) is 0 Å². The summed E-state index contributed by atoms with van der Waals surface area (Å²) in [6, 6.07) is 14.1. The zero-order valence-corrected chi connectivity index (χ0v) is 13.8. The maximum Gasteiger partial charge on any atom is 0.416 e. The van der Waals surface area contributed by atoms with Crippen molar-refractivity contribution in [2.75, 3.05) is 0 Å². The van der Waals surface area contributed by atoms with Crippen molar-refractivity contribution in [1.29, 1.82) is 0 Å². The maximum absolute atomic E-state index is 12.7. The van der Waals surface area contributed by atoms with Crippen molar-refractivity contribution in [2.24, 2.45) is 0 Å². The second-order valence-electron chi connectivity index (χ2n) is 5.61. The zero-order valence-electron chi connectivity index (χ0n) is 13.8. The largest absolute Gasteiger partial charge is 0.416 e. The second-order valence-corrected chi connectivity index (χ2v) is 5.61. The summed E-state index contributed by atoms with van der Waals surface area (Å²) in [6.07, 6.45) is -2.87. The second kappa shape index (κ2) is 7.36. The summed E-state index contributed by atoms with van der Waals surface area (Å²) < 4.78 is 38.1. The van der Waals surface area contributed by atoms with E-state index in [0.29, 0.717) is 11.1 Å². The highest BCUT2D eigenvalue weighted by Gasteiger charge is 2.30. The van der Waals surface area contributed by atoms with Crippen LogP contribution in [0.3, 0.4) is 0 Å². The summed E-state index contributed by atoms with van der Waals surface area (Å²) >= 11 is 0. The molecular weight excluding hydrogens is 359 g/mol. The number of aromatic amines is 1. The van der Waals surface area contributed by atoms with Crippen LogP contribution in [0.4, 0.5) is 13.2 Å². The number of hydrazine groups is 1. The molecule has 3 N–H and O–H groups in total. The molecular formula is C19H14F3N3O2. The summed E-state index contributed by atoms with van der Waals surface area (Å²) in [6.45, 7) is 0. The number of aromatic nitrogens is 1. The fraction of sp³-hybridized carbons (Fsp3) is 0.0526. The van der Waals surface area contributed by atoms with E-state index in [1.165, 1.54) is 24.3 Å². The van der Waals surface area contributed by atoms with Gasteiger partial charge in [0, 0.05) is 11.8 Å². The third-order valence-corrected chi connectivity index (χ3v) is 3.83. The lowest BCUT2D eigenvalue weighted by atomic mass is 9.98. The van der Waals surface area contributed by atoms with Crippen LogP contribution in [-0.2, 0) is 6.18 Å². The molecule has 0 aliphatic heterocycles. The molecule has 0 atom stereocenters. The monoisotopic (exact) mass is 373 g/mol. The van der Waals surface area contributed by atoms with Crippen LogP contribution >= 0.6 is 0 Å². The maximum atomic E-state index is 12.7.